The van der Waals surface area contributed by atoms with Crippen molar-refractivity contribution in [3.8, 4) is 0 Å². The fourth-order valence-corrected chi connectivity index (χ4v) is 3.62. The molecule has 2 atom stereocenters. The normalized spacial score (nSPS) is 16.8. The summed E-state index contributed by atoms with van der Waals surface area (Å²) in [5.41, 5.74) is 1.43. The van der Waals surface area contributed by atoms with Crippen molar-refractivity contribution >= 4 is 17.7 Å². The van der Waals surface area contributed by atoms with Gasteiger partial charge in [-0.1, -0.05) is 32.0 Å². The van der Waals surface area contributed by atoms with Gasteiger partial charge in [-0.2, -0.15) is 0 Å². The van der Waals surface area contributed by atoms with Crippen LogP contribution in [-0.4, -0.2) is 61.5 Å². The zero-order valence-corrected chi connectivity index (χ0v) is 18.7. The van der Waals surface area contributed by atoms with Crippen LogP contribution in [0.5, 0.6) is 0 Å². The van der Waals surface area contributed by atoms with Crippen LogP contribution >= 0.6 is 0 Å². The number of hydrogen-bond donors (Lipinski definition) is 2. The minimum absolute atomic E-state index is 0.00117. The fourth-order valence-electron chi connectivity index (χ4n) is 3.62. The fraction of sp³-hybridized carbons (Fsp3) is 0.609. The summed E-state index contributed by atoms with van der Waals surface area (Å²) in [4.78, 5) is 39.9. The third-order valence-electron chi connectivity index (χ3n) is 5.96. The number of hydrogen-bond acceptors (Lipinski definition) is 4. The van der Waals surface area contributed by atoms with Gasteiger partial charge in [0.05, 0.1) is 0 Å². The van der Waals surface area contributed by atoms with E-state index in [9.17, 15) is 14.4 Å². The van der Waals surface area contributed by atoms with Gasteiger partial charge in [-0.15, -0.1) is 0 Å². The highest BCUT2D eigenvalue weighted by Gasteiger charge is 2.34. The first-order chi connectivity index (χ1) is 14.2. The maximum atomic E-state index is 13.1. The number of likely N-dealkylation sites (tertiary alicyclic amines) is 1. The molecule has 166 valence electrons. The van der Waals surface area contributed by atoms with E-state index in [1.54, 1.807) is 11.0 Å². The maximum Gasteiger partial charge on any atom is 0.252 e. The molecule has 3 amide bonds. The second-order valence-electron chi connectivity index (χ2n) is 8.46. The van der Waals surface area contributed by atoms with Crippen LogP contribution < -0.4 is 10.6 Å². The highest BCUT2D eigenvalue weighted by Crippen LogP contribution is 2.22. The second kappa shape index (κ2) is 11.1. The first kappa shape index (κ1) is 23.9. The van der Waals surface area contributed by atoms with E-state index in [2.05, 4.69) is 10.6 Å². The van der Waals surface area contributed by atoms with E-state index >= 15 is 0 Å². The Morgan fingerprint density at radius 3 is 2.30 bits per heavy atom. The van der Waals surface area contributed by atoms with Gasteiger partial charge in [0.2, 0.25) is 11.8 Å². The van der Waals surface area contributed by atoms with Crippen LogP contribution in [0.25, 0.3) is 0 Å². The molecule has 2 N–H and O–H groups in total. The molecule has 30 heavy (non-hydrogen) atoms. The molecule has 0 bridgehead atoms. The van der Waals surface area contributed by atoms with E-state index in [4.69, 9.17) is 4.74 Å². The Balaban J connectivity index is 2.13. The van der Waals surface area contributed by atoms with Crippen LogP contribution in [0.1, 0.15) is 49.5 Å². The molecule has 1 aliphatic heterocycles. The van der Waals surface area contributed by atoms with Crippen molar-refractivity contribution in [2.45, 2.75) is 52.6 Å². The van der Waals surface area contributed by atoms with Crippen LogP contribution in [0.15, 0.2) is 24.3 Å². The summed E-state index contributed by atoms with van der Waals surface area (Å²) in [5, 5.41) is 6.03. The molecule has 0 radical (unpaired) electrons. The van der Waals surface area contributed by atoms with Gasteiger partial charge in [0.1, 0.15) is 12.6 Å². The molecule has 1 aromatic carbocycles. The number of aryl methyl sites for hydroxylation is 1. The standard InChI is InChI=1S/C23H35N3O4/c1-15(2)17(4)24-23(29)21(25-22(28)19-9-7-6-8-16(19)3)18-10-12-26(13-11-18)20(27)14-30-5/h6-9,15,17-18,21H,10-14H2,1-5H3,(H,24,29)(H,25,28)/t17-,21+/m0/s1. The van der Waals surface area contributed by atoms with E-state index in [0.717, 1.165) is 5.56 Å². The molecule has 1 heterocycles. The molecular weight excluding hydrogens is 382 g/mol. The number of benzene rings is 1. The molecule has 1 aromatic rings. The molecule has 0 aromatic heterocycles. The number of amides is 3. The maximum absolute atomic E-state index is 13.1. The zero-order chi connectivity index (χ0) is 22.3. The Morgan fingerprint density at radius 1 is 1.10 bits per heavy atom. The summed E-state index contributed by atoms with van der Waals surface area (Å²) in [6.07, 6.45) is 1.30. The molecular formula is C23H35N3O4. The van der Waals surface area contributed by atoms with Gasteiger partial charge in [0.25, 0.3) is 5.91 Å². The summed E-state index contributed by atoms with van der Waals surface area (Å²) in [7, 11) is 1.50. The lowest BCUT2D eigenvalue weighted by molar-refractivity contribution is -0.136. The van der Waals surface area contributed by atoms with Crippen molar-refractivity contribution in [3.05, 3.63) is 35.4 Å². The van der Waals surface area contributed by atoms with E-state index in [0.29, 0.717) is 31.5 Å². The van der Waals surface area contributed by atoms with E-state index in [-0.39, 0.29) is 42.2 Å². The van der Waals surface area contributed by atoms with Crippen molar-refractivity contribution < 1.29 is 19.1 Å². The SMILES string of the molecule is COCC(=O)N1CCC([C@@H](NC(=O)c2ccccc2C)C(=O)N[C@@H](C)C(C)C)CC1. The first-order valence-electron chi connectivity index (χ1n) is 10.7. The minimum Gasteiger partial charge on any atom is -0.375 e. The number of carbonyl (C=O) groups excluding carboxylic acids is 3. The lowest BCUT2D eigenvalue weighted by Crippen LogP contribution is -2.55. The highest BCUT2D eigenvalue weighted by atomic mass is 16.5. The number of piperidine rings is 1. The van der Waals surface area contributed by atoms with Crippen LogP contribution in [0.4, 0.5) is 0 Å². The Kier molecular flexibility index (Phi) is 8.84. The number of rotatable bonds is 8. The van der Waals surface area contributed by atoms with Crippen LogP contribution in [-0.2, 0) is 14.3 Å². The van der Waals surface area contributed by atoms with Crippen molar-refractivity contribution in [1.82, 2.24) is 15.5 Å². The van der Waals surface area contributed by atoms with Crippen LogP contribution in [0.3, 0.4) is 0 Å². The zero-order valence-electron chi connectivity index (χ0n) is 18.7. The lowest BCUT2D eigenvalue weighted by atomic mass is 9.88. The van der Waals surface area contributed by atoms with E-state index < -0.39 is 6.04 Å². The summed E-state index contributed by atoms with van der Waals surface area (Å²) < 4.78 is 4.94. The number of methoxy groups -OCH3 is 1. The number of ether oxygens (including phenoxy) is 1. The van der Waals surface area contributed by atoms with Gasteiger partial charge < -0.3 is 20.3 Å². The van der Waals surface area contributed by atoms with E-state index in [1.807, 2.05) is 45.9 Å². The summed E-state index contributed by atoms with van der Waals surface area (Å²) in [5.74, 6) is -0.212. The second-order valence-corrected chi connectivity index (χ2v) is 8.46. The van der Waals surface area contributed by atoms with Crippen molar-refractivity contribution in [1.29, 1.82) is 0 Å². The topological polar surface area (TPSA) is 87.7 Å². The van der Waals surface area contributed by atoms with Crippen LogP contribution in [0, 0.1) is 18.8 Å². The summed E-state index contributed by atoms with van der Waals surface area (Å²) >= 11 is 0. The molecule has 0 unspecified atom stereocenters. The average molecular weight is 418 g/mol. The largest absolute Gasteiger partial charge is 0.375 e. The third-order valence-corrected chi connectivity index (χ3v) is 5.96. The average Bonchev–Trinajstić information content (AvgIpc) is 2.72. The molecule has 0 spiro atoms. The molecule has 7 nitrogen and oxygen atoms in total. The highest BCUT2D eigenvalue weighted by molar-refractivity contribution is 5.98. The molecule has 1 fully saturated rings. The van der Waals surface area contributed by atoms with Gasteiger partial charge in [-0.3, -0.25) is 14.4 Å². The van der Waals surface area contributed by atoms with Gasteiger partial charge in [0, 0.05) is 31.8 Å². The van der Waals surface area contributed by atoms with Gasteiger partial charge in [0.15, 0.2) is 0 Å². The third kappa shape index (κ3) is 6.29. The Morgan fingerprint density at radius 2 is 1.73 bits per heavy atom. The van der Waals surface area contributed by atoms with Crippen molar-refractivity contribution in [2.24, 2.45) is 11.8 Å². The summed E-state index contributed by atoms with van der Waals surface area (Å²) in [6.45, 7) is 9.11. The number of carbonyl (C=O) groups is 3. The smallest absolute Gasteiger partial charge is 0.252 e. The van der Waals surface area contributed by atoms with Gasteiger partial charge in [-0.05, 0) is 50.2 Å². The molecule has 7 heteroatoms. The molecule has 2 rings (SSSR count). The monoisotopic (exact) mass is 417 g/mol. The van der Waals surface area contributed by atoms with E-state index in [1.165, 1.54) is 7.11 Å². The first-order valence-corrected chi connectivity index (χ1v) is 10.7. The lowest BCUT2D eigenvalue weighted by Gasteiger charge is -2.36. The molecule has 1 aliphatic rings. The summed E-state index contributed by atoms with van der Waals surface area (Å²) in [6, 6.07) is 6.70. The molecule has 1 saturated heterocycles. The predicted octanol–water partition coefficient (Wildman–Crippen LogP) is 2.14. The quantitative estimate of drug-likeness (QED) is 0.678. The van der Waals surface area contributed by atoms with Crippen molar-refractivity contribution in [3.63, 3.8) is 0 Å². The Bertz CT molecular complexity index is 742. The molecule has 0 aliphatic carbocycles. The molecule has 0 saturated carbocycles. The number of nitrogens with zero attached hydrogens (tertiary/aromatic N) is 1. The Labute approximate surface area is 179 Å². The minimum atomic E-state index is -0.641. The predicted molar refractivity (Wildman–Crippen MR) is 116 cm³/mol. The Hall–Kier alpha value is -2.41. The van der Waals surface area contributed by atoms with Crippen LogP contribution in [0.2, 0.25) is 0 Å². The number of nitrogens with one attached hydrogen (secondary N) is 2. The van der Waals surface area contributed by atoms with Gasteiger partial charge >= 0.3 is 0 Å². The van der Waals surface area contributed by atoms with Crippen molar-refractivity contribution in [2.75, 3.05) is 26.8 Å². The van der Waals surface area contributed by atoms with Gasteiger partial charge in [-0.25, -0.2) is 0 Å².